The predicted molar refractivity (Wildman–Crippen MR) is 90.4 cm³/mol. The molecule has 4 rings (SSSR count). The standard InChI is InChI=1S/C20H23NO2/c1-20(2)10-16-9-14(7-8-19(16)23-20)11-21-12-15-5-3-4-6-17(15)18(22)13-21/h3-9,18,22H,10-13H2,1-2H3/t18-/m0/s1. The number of rotatable bonds is 2. The van der Waals surface area contributed by atoms with Gasteiger partial charge in [0.1, 0.15) is 11.4 Å². The molecule has 120 valence electrons. The predicted octanol–water partition coefficient (Wildman–Crippen LogP) is 3.45. The van der Waals surface area contributed by atoms with Gasteiger partial charge in [0.05, 0.1) is 6.10 Å². The van der Waals surface area contributed by atoms with E-state index in [-0.39, 0.29) is 5.60 Å². The number of benzene rings is 2. The molecule has 0 aromatic heterocycles. The summed E-state index contributed by atoms with van der Waals surface area (Å²) < 4.78 is 5.95. The molecule has 2 aromatic rings. The molecular weight excluding hydrogens is 286 g/mol. The van der Waals surface area contributed by atoms with Crippen molar-refractivity contribution in [2.45, 2.75) is 45.1 Å². The Morgan fingerprint density at radius 1 is 1.17 bits per heavy atom. The molecule has 0 aliphatic carbocycles. The third kappa shape index (κ3) is 2.87. The number of nitrogens with zero attached hydrogens (tertiary/aromatic N) is 1. The van der Waals surface area contributed by atoms with Crippen LogP contribution in [-0.4, -0.2) is 22.2 Å². The molecule has 2 aliphatic rings. The fourth-order valence-corrected chi connectivity index (χ4v) is 3.79. The van der Waals surface area contributed by atoms with E-state index in [0.717, 1.165) is 30.8 Å². The fourth-order valence-electron chi connectivity index (χ4n) is 3.79. The molecule has 0 amide bonds. The Kier molecular flexibility index (Phi) is 3.43. The Bertz CT molecular complexity index is 738. The van der Waals surface area contributed by atoms with Crippen LogP contribution in [0.15, 0.2) is 42.5 Å². The van der Waals surface area contributed by atoms with Crippen LogP contribution in [0.25, 0.3) is 0 Å². The zero-order valence-corrected chi connectivity index (χ0v) is 13.7. The van der Waals surface area contributed by atoms with Gasteiger partial charge in [-0.2, -0.15) is 0 Å². The number of aliphatic hydroxyl groups excluding tert-OH is 1. The Morgan fingerprint density at radius 3 is 2.87 bits per heavy atom. The topological polar surface area (TPSA) is 32.7 Å². The molecule has 2 heterocycles. The summed E-state index contributed by atoms with van der Waals surface area (Å²) in [4.78, 5) is 2.32. The molecule has 0 saturated carbocycles. The van der Waals surface area contributed by atoms with E-state index in [1.807, 2.05) is 18.2 Å². The minimum atomic E-state index is -0.392. The van der Waals surface area contributed by atoms with Crippen molar-refractivity contribution in [2.75, 3.05) is 6.54 Å². The summed E-state index contributed by atoms with van der Waals surface area (Å²) >= 11 is 0. The zero-order valence-electron chi connectivity index (χ0n) is 13.7. The highest BCUT2D eigenvalue weighted by Crippen LogP contribution is 2.36. The quantitative estimate of drug-likeness (QED) is 0.922. The maximum absolute atomic E-state index is 10.4. The summed E-state index contributed by atoms with van der Waals surface area (Å²) in [6, 6.07) is 14.7. The minimum absolute atomic E-state index is 0.0960. The van der Waals surface area contributed by atoms with Crippen molar-refractivity contribution in [3.8, 4) is 5.75 Å². The number of β-amino-alcohol motifs (C(OH)–C–C–N with tert-alkyl or cyclic N) is 1. The van der Waals surface area contributed by atoms with Crippen molar-refractivity contribution in [1.82, 2.24) is 4.90 Å². The Balaban J connectivity index is 1.52. The zero-order chi connectivity index (χ0) is 16.0. The second-order valence-electron chi connectivity index (χ2n) is 7.36. The maximum atomic E-state index is 10.4. The summed E-state index contributed by atoms with van der Waals surface area (Å²) in [5.74, 6) is 1.02. The average Bonchev–Trinajstić information content (AvgIpc) is 2.80. The molecule has 0 spiro atoms. The van der Waals surface area contributed by atoms with Gasteiger partial charge >= 0.3 is 0 Å². The van der Waals surface area contributed by atoms with Gasteiger partial charge in [-0.05, 0) is 42.2 Å². The first-order chi connectivity index (χ1) is 11.0. The van der Waals surface area contributed by atoms with Crippen molar-refractivity contribution >= 4 is 0 Å². The highest BCUT2D eigenvalue weighted by Gasteiger charge is 2.30. The summed E-state index contributed by atoms with van der Waals surface area (Å²) in [5.41, 5.74) is 4.80. The smallest absolute Gasteiger partial charge is 0.123 e. The monoisotopic (exact) mass is 309 g/mol. The van der Waals surface area contributed by atoms with Crippen LogP contribution in [0.2, 0.25) is 0 Å². The van der Waals surface area contributed by atoms with Gasteiger partial charge in [-0.3, -0.25) is 4.90 Å². The van der Waals surface area contributed by atoms with E-state index in [9.17, 15) is 5.11 Å². The van der Waals surface area contributed by atoms with Gasteiger partial charge in [0.2, 0.25) is 0 Å². The van der Waals surface area contributed by atoms with Crippen LogP contribution < -0.4 is 4.74 Å². The van der Waals surface area contributed by atoms with Crippen molar-refractivity contribution < 1.29 is 9.84 Å². The van der Waals surface area contributed by atoms with Gasteiger partial charge in [-0.15, -0.1) is 0 Å². The number of hydrogen-bond acceptors (Lipinski definition) is 3. The number of hydrogen-bond donors (Lipinski definition) is 1. The summed E-state index contributed by atoms with van der Waals surface area (Å²) in [6.07, 6.45) is 0.568. The van der Waals surface area contributed by atoms with Crippen molar-refractivity contribution in [3.63, 3.8) is 0 Å². The number of ether oxygens (including phenoxy) is 1. The van der Waals surface area contributed by atoms with Gasteiger partial charge in [-0.1, -0.05) is 36.4 Å². The first-order valence-electron chi connectivity index (χ1n) is 8.29. The van der Waals surface area contributed by atoms with Gasteiger partial charge in [0.25, 0.3) is 0 Å². The molecule has 0 saturated heterocycles. The van der Waals surface area contributed by atoms with E-state index in [1.54, 1.807) is 0 Å². The van der Waals surface area contributed by atoms with E-state index >= 15 is 0 Å². The Hall–Kier alpha value is -1.84. The molecular formula is C20H23NO2. The first kappa shape index (κ1) is 14.7. The molecule has 3 heteroatoms. The third-order valence-corrected chi connectivity index (χ3v) is 4.77. The van der Waals surface area contributed by atoms with Crippen LogP contribution in [0.4, 0.5) is 0 Å². The molecule has 0 bridgehead atoms. The SMILES string of the molecule is CC1(C)Cc2cc(CN3Cc4ccccc4[C@@H](O)C3)ccc2O1. The van der Waals surface area contributed by atoms with Crippen molar-refractivity contribution in [2.24, 2.45) is 0 Å². The molecule has 0 unspecified atom stereocenters. The lowest BCUT2D eigenvalue weighted by molar-refractivity contribution is 0.0882. The Labute approximate surface area is 137 Å². The lowest BCUT2D eigenvalue weighted by Gasteiger charge is -2.32. The highest BCUT2D eigenvalue weighted by molar-refractivity contribution is 5.42. The molecule has 3 nitrogen and oxygen atoms in total. The molecule has 1 N–H and O–H groups in total. The molecule has 1 atom stereocenters. The van der Waals surface area contributed by atoms with Gasteiger partial charge in [0.15, 0.2) is 0 Å². The van der Waals surface area contributed by atoms with Gasteiger partial charge in [-0.25, -0.2) is 0 Å². The van der Waals surface area contributed by atoms with Crippen LogP contribution in [0.5, 0.6) is 5.75 Å². The summed E-state index contributed by atoms with van der Waals surface area (Å²) in [6.45, 7) is 6.71. The van der Waals surface area contributed by atoms with Crippen LogP contribution in [0, 0.1) is 0 Å². The molecule has 0 radical (unpaired) electrons. The van der Waals surface area contributed by atoms with Crippen molar-refractivity contribution in [3.05, 3.63) is 64.7 Å². The highest BCUT2D eigenvalue weighted by atomic mass is 16.5. The molecule has 23 heavy (non-hydrogen) atoms. The van der Waals surface area contributed by atoms with E-state index < -0.39 is 6.10 Å². The first-order valence-corrected chi connectivity index (χ1v) is 8.29. The second-order valence-corrected chi connectivity index (χ2v) is 7.36. The minimum Gasteiger partial charge on any atom is -0.487 e. The van der Waals surface area contributed by atoms with Crippen LogP contribution >= 0.6 is 0 Å². The lowest BCUT2D eigenvalue weighted by Crippen LogP contribution is -2.33. The van der Waals surface area contributed by atoms with Crippen molar-refractivity contribution in [1.29, 1.82) is 0 Å². The Morgan fingerprint density at radius 2 is 2.00 bits per heavy atom. The molecule has 2 aliphatic heterocycles. The normalized spacial score (nSPS) is 22.3. The fraction of sp³-hybridized carbons (Fsp3) is 0.400. The van der Waals surface area contributed by atoms with Gasteiger partial charge in [0, 0.05) is 26.1 Å². The summed E-state index contributed by atoms with van der Waals surface area (Å²) in [5, 5.41) is 10.4. The second kappa shape index (κ2) is 5.36. The van der Waals surface area contributed by atoms with Crippen LogP contribution in [-0.2, 0) is 19.5 Å². The lowest BCUT2D eigenvalue weighted by atomic mass is 9.96. The van der Waals surface area contributed by atoms with Gasteiger partial charge < -0.3 is 9.84 Å². The molecule has 0 fully saturated rings. The molecule has 2 aromatic carbocycles. The van der Waals surface area contributed by atoms with Crippen LogP contribution in [0.1, 0.15) is 42.2 Å². The maximum Gasteiger partial charge on any atom is 0.123 e. The summed E-state index contributed by atoms with van der Waals surface area (Å²) in [7, 11) is 0. The number of fused-ring (bicyclic) bond motifs is 2. The van der Waals surface area contributed by atoms with E-state index in [4.69, 9.17) is 4.74 Å². The number of aliphatic hydroxyl groups is 1. The van der Waals surface area contributed by atoms with E-state index in [2.05, 4.69) is 43.0 Å². The van der Waals surface area contributed by atoms with Crippen LogP contribution in [0.3, 0.4) is 0 Å². The van der Waals surface area contributed by atoms with E-state index in [1.165, 1.54) is 16.7 Å². The largest absolute Gasteiger partial charge is 0.487 e. The average molecular weight is 309 g/mol. The van der Waals surface area contributed by atoms with E-state index in [0.29, 0.717) is 6.54 Å². The third-order valence-electron chi connectivity index (χ3n) is 4.77.